The van der Waals surface area contributed by atoms with Crippen molar-refractivity contribution in [2.24, 2.45) is 5.73 Å². The third kappa shape index (κ3) is 2.19. The van der Waals surface area contributed by atoms with Crippen LogP contribution in [0.1, 0.15) is 12.5 Å². The van der Waals surface area contributed by atoms with Gasteiger partial charge in [-0.05, 0) is 13.0 Å². The van der Waals surface area contributed by atoms with Gasteiger partial charge in [0.2, 0.25) is 5.88 Å². The average Bonchev–Trinajstić information content (AvgIpc) is 2.27. The fourth-order valence-electron chi connectivity index (χ4n) is 1.35. The lowest BCUT2D eigenvalue weighted by atomic mass is 9.96. The molecule has 0 fully saturated rings. The summed E-state index contributed by atoms with van der Waals surface area (Å²) in [4.78, 5) is 4.00. The Bertz CT molecular complexity index is 317. The van der Waals surface area contributed by atoms with Gasteiger partial charge in [0.25, 0.3) is 0 Å². The fraction of sp³-hybridized carbons (Fsp3) is 0.500. The molecule has 0 bridgehead atoms. The van der Waals surface area contributed by atoms with Crippen LogP contribution < -0.4 is 15.2 Å². The molecule has 5 nitrogen and oxygen atoms in total. The molecule has 3 N–H and O–H groups in total. The first kappa shape index (κ1) is 11.7. The molecule has 0 aliphatic carbocycles. The van der Waals surface area contributed by atoms with Crippen molar-refractivity contribution in [1.82, 2.24) is 4.98 Å². The maximum absolute atomic E-state index is 10.1. The topological polar surface area (TPSA) is 77.6 Å². The lowest BCUT2D eigenvalue weighted by Crippen LogP contribution is -2.32. The van der Waals surface area contributed by atoms with Gasteiger partial charge < -0.3 is 20.3 Å². The standard InChI is InChI=1S/C10H16N2O3/c1-10(13,6-11)8-7(14-2)4-5-12-9(8)15-3/h4-5,13H,6,11H2,1-3H3. The number of nitrogens with zero attached hydrogens (tertiary/aromatic N) is 1. The van der Waals surface area contributed by atoms with Gasteiger partial charge in [-0.15, -0.1) is 0 Å². The molecular weight excluding hydrogens is 196 g/mol. The largest absolute Gasteiger partial charge is 0.496 e. The van der Waals surface area contributed by atoms with Gasteiger partial charge in [-0.3, -0.25) is 0 Å². The van der Waals surface area contributed by atoms with Crippen LogP contribution in [0.25, 0.3) is 0 Å². The van der Waals surface area contributed by atoms with Crippen molar-refractivity contribution in [3.8, 4) is 11.6 Å². The summed E-state index contributed by atoms with van der Waals surface area (Å²) in [6.07, 6.45) is 1.55. The highest BCUT2D eigenvalue weighted by molar-refractivity contribution is 5.44. The zero-order chi connectivity index (χ0) is 11.5. The molecule has 0 aliphatic heterocycles. The molecule has 84 valence electrons. The summed E-state index contributed by atoms with van der Waals surface area (Å²) in [5.74, 6) is 0.835. The van der Waals surface area contributed by atoms with E-state index in [2.05, 4.69) is 4.98 Å². The van der Waals surface area contributed by atoms with Crippen LogP contribution in [0.2, 0.25) is 0 Å². The minimum absolute atomic E-state index is 0.0609. The Hall–Kier alpha value is -1.33. The summed E-state index contributed by atoms with van der Waals surface area (Å²) < 4.78 is 10.2. The number of hydrogen-bond donors (Lipinski definition) is 2. The molecule has 0 saturated carbocycles. The molecule has 0 saturated heterocycles. The molecule has 5 heteroatoms. The van der Waals surface area contributed by atoms with E-state index >= 15 is 0 Å². The Morgan fingerprint density at radius 1 is 1.47 bits per heavy atom. The van der Waals surface area contributed by atoms with E-state index in [0.717, 1.165) is 0 Å². The highest BCUT2D eigenvalue weighted by Crippen LogP contribution is 2.35. The van der Waals surface area contributed by atoms with E-state index in [-0.39, 0.29) is 6.54 Å². The number of hydrogen-bond acceptors (Lipinski definition) is 5. The van der Waals surface area contributed by atoms with E-state index in [0.29, 0.717) is 17.2 Å². The lowest BCUT2D eigenvalue weighted by Gasteiger charge is -2.24. The molecule has 0 spiro atoms. The van der Waals surface area contributed by atoms with Crippen LogP contribution >= 0.6 is 0 Å². The van der Waals surface area contributed by atoms with E-state index in [4.69, 9.17) is 15.2 Å². The monoisotopic (exact) mass is 212 g/mol. The second-order valence-corrected chi connectivity index (χ2v) is 3.38. The summed E-state index contributed by atoms with van der Waals surface area (Å²) in [5.41, 5.74) is 4.75. The van der Waals surface area contributed by atoms with Gasteiger partial charge in [-0.25, -0.2) is 4.98 Å². The third-order valence-corrected chi connectivity index (χ3v) is 2.23. The van der Waals surface area contributed by atoms with Gasteiger partial charge >= 0.3 is 0 Å². The maximum Gasteiger partial charge on any atom is 0.223 e. The average molecular weight is 212 g/mol. The molecule has 1 aromatic rings. The Balaban J connectivity index is 3.34. The first-order chi connectivity index (χ1) is 7.06. The van der Waals surface area contributed by atoms with Crippen molar-refractivity contribution in [2.75, 3.05) is 20.8 Å². The van der Waals surface area contributed by atoms with Crippen LogP contribution in [0, 0.1) is 0 Å². The molecule has 1 heterocycles. The van der Waals surface area contributed by atoms with Crippen LogP contribution in [0.4, 0.5) is 0 Å². The molecule has 0 aromatic carbocycles. The third-order valence-electron chi connectivity index (χ3n) is 2.23. The van der Waals surface area contributed by atoms with E-state index in [9.17, 15) is 5.11 Å². The molecule has 0 radical (unpaired) electrons. The Morgan fingerprint density at radius 2 is 2.13 bits per heavy atom. The quantitative estimate of drug-likeness (QED) is 0.748. The predicted molar refractivity (Wildman–Crippen MR) is 56.0 cm³/mol. The lowest BCUT2D eigenvalue weighted by molar-refractivity contribution is 0.0604. The fourth-order valence-corrected chi connectivity index (χ4v) is 1.35. The van der Waals surface area contributed by atoms with Crippen LogP contribution in [0.5, 0.6) is 11.6 Å². The van der Waals surface area contributed by atoms with Crippen molar-refractivity contribution in [1.29, 1.82) is 0 Å². The second kappa shape index (κ2) is 4.46. The first-order valence-electron chi connectivity index (χ1n) is 4.56. The Labute approximate surface area is 88.8 Å². The SMILES string of the molecule is COc1ccnc(OC)c1C(C)(O)CN. The summed E-state index contributed by atoms with van der Waals surface area (Å²) in [5, 5.41) is 10.1. The smallest absolute Gasteiger partial charge is 0.223 e. The molecule has 1 unspecified atom stereocenters. The van der Waals surface area contributed by atoms with Crippen molar-refractivity contribution in [2.45, 2.75) is 12.5 Å². The number of aromatic nitrogens is 1. The zero-order valence-corrected chi connectivity index (χ0v) is 9.15. The van der Waals surface area contributed by atoms with Crippen LogP contribution in [0.15, 0.2) is 12.3 Å². The number of rotatable bonds is 4. The Kier molecular flexibility index (Phi) is 3.49. The highest BCUT2D eigenvalue weighted by Gasteiger charge is 2.30. The van der Waals surface area contributed by atoms with Crippen LogP contribution in [-0.4, -0.2) is 30.9 Å². The number of aliphatic hydroxyl groups is 1. The maximum atomic E-state index is 10.1. The molecule has 1 aromatic heterocycles. The summed E-state index contributed by atoms with van der Waals surface area (Å²) >= 11 is 0. The van der Waals surface area contributed by atoms with Gasteiger partial charge in [-0.2, -0.15) is 0 Å². The molecular formula is C10H16N2O3. The van der Waals surface area contributed by atoms with E-state index < -0.39 is 5.60 Å². The predicted octanol–water partition coefficient (Wildman–Crippen LogP) is 0.265. The Morgan fingerprint density at radius 3 is 2.60 bits per heavy atom. The minimum Gasteiger partial charge on any atom is -0.496 e. The summed E-state index contributed by atoms with van der Waals surface area (Å²) in [7, 11) is 3.00. The summed E-state index contributed by atoms with van der Waals surface area (Å²) in [6.45, 7) is 1.65. The van der Waals surface area contributed by atoms with Gasteiger partial charge in [0.1, 0.15) is 11.4 Å². The van der Waals surface area contributed by atoms with Gasteiger partial charge in [0.05, 0.1) is 19.8 Å². The molecule has 0 aliphatic rings. The number of ether oxygens (including phenoxy) is 2. The molecule has 0 amide bonds. The van der Waals surface area contributed by atoms with Gasteiger partial charge in [0.15, 0.2) is 0 Å². The normalized spacial score (nSPS) is 14.5. The minimum atomic E-state index is -1.22. The number of methoxy groups -OCH3 is 2. The van der Waals surface area contributed by atoms with Crippen LogP contribution in [0.3, 0.4) is 0 Å². The number of nitrogens with two attached hydrogens (primary N) is 1. The molecule has 1 rings (SSSR count). The molecule has 15 heavy (non-hydrogen) atoms. The van der Waals surface area contributed by atoms with Crippen molar-refractivity contribution >= 4 is 0 Å². The van der Waals surface area contributed by atoms with Crippen molar-refractivity contribution in [3.63, 3.8) is 0 Å². The van der Waals surface area contributed by atoms with E-state index in [1.165, 1.54) is 14.2 Å². The van der Waals surface area contributed by atoms with E-state index in [1.807, 2.05) is 0 Å². The van der Waals surface area contributed by atoms with E-state index in [1.54, 1.807) is 19.2 Å². The summed E-state index contributed by atoms with van der Waals surface area (Å²) in [6, 6.07) is 1.65. The van der Waals surface area contributed by atoms with Crippen molar-refractivity contribution < 1.29 is 14.6 Å². The number of pyridine rings is 1. The highest BCUT2D eigenvalue weighted by atomic mass is 16.5. The van der Waals surface area contributed by atoms with Gasteiger partial charge in [-0.1, -0.05) is 0 Å². The van der Waals surface area contributed by atoms with Crippen LogP contribution in [-0.2, 0) is 5.60 Å². The zero-order valence-electron chi connectivity index (χ0n) is 9.15. The van der Waals surface area contributed by atoms with Gasteiger partial charge in [0, 0.05) is 12.7 Å². The molecule has 1 atom stereocenters. The van der Waals surface area contributed by atoms with Crippen molar-refractivity contribution in [3.05, 3.63) is 17.8 Å². The second-order valence-electron chi connectivity index (χ2n) is 3.38. The first-order valence-corrected chi connectivity index (χ1v) is 4.56.